The van der Waals surface area contributed by atoms with Gasteiger partial charge in [-0.05, 0) is 43.7 Å². The normalized spacial score (nSPS) is 18.2. The summed E-state index contributed by atoms with van der Waals surface area (Å²) in [5, 5.41) is 12.2. The van der Waals surface area contributed by atoms with Crippen LogP contribution in [0.15, 0.2) is 34.9 Å². The van der Waals surface area contributed by atoms with Gasteiger partial charge in [-0.25, -0.2) is 0 Å². The van der Waals surface area contributed by atoms with Crippen molar-refractivity contribution in [3.63, 3.8) is 0 Å². The van der Waals surface area contributed by atoms with E-state index in [1.54, 1.807) is 0 Å². The second-order valence-corrected chi connectivity index (χ2v) is 8.40. The van der Waals surface area contributed by atoms with Crippen molar-refractivity contribution in [2.24, 2.45) is 7.05 Å². The molecule has 1 atom stereocenters. The first-order valence-electron chi connectivity index (χ1n) is 10.6. The van der Waals surface area contributed by atoms with Crippen LogP contribution in [0.5, 0.6) is 0 Å². The number of carbonyl (C=O) groups excluding carboxylic acids is 1. The van der Waals surface area contributed by atoms with E-state index >= 15 is 0 Å². The summed E-state index contributed by atoms with van der Waals surface area (Å²) in [6, 6.07) is 10.6. The molecule has 0 saturated carbocycles. The van der Waals surface area contributed by atoms with E-state index in [1.807, 2.05) is 35.7 Å². The number of aromatic nitrogens is 3. The van der Waals surface area contributed by atoms with Crippen LogP contribution in [0.2, 0.25) is 0 Å². The third-order valence-corrected chi connectivity index (χ3v) is 6.32. The van der Waals surface area contributed by atoms with Gasteiger partial charge in [-0.15, -0.1) is 0 Å². The molecule has 0 fully saturated rings. The molecule has 3 heterocycles. The number of carbonyl (C=O) groups is 1. The molecule has 0 spiro atoms. The van der Waals surface area contributed by atoms with Crippen molar-refractivity contribution in [3.05, 3.63) is 69.9 Å². The first kappa shape index (κ1) is 19.1. The van der Waals surface area contributed by atoms with E-state index in [1.165, 1.54) is 16.8 Å². The Morgan fingerprint density at radius 2 is 2.10 bits per heavy atom. The zero-order chi connectivity index (χ0) is 20.7. The summed E-state index contributed by atoms with van der Waals surface area (Å²) < 4.78 is 7.21. The minimum atomic E-state index is 0.0489. The molecule has 3 aromatic rings. The van der Waals surface area contributed by atoms with Crippen molar-refractivity contribution in [1.29, 1.82) is 0 Å². The Morgan fingerprint density at radius 3 is 2.90 bits per heavy atom. The molecule has 1 aliphatic heterocycles. The summed E-state index contributed by atoms with van der Waals surface area (Å²) >= 11 is 0. The largest absolute Gasteiger partial charge is 0.360 e. The smallest absolute Gasteiger partial charge is 0.274 e. The number of hydrogen-bond acceptors (Lipinski definition) is 5. The van der Waals surface area contributed by atoms with Gasteiger partial charge in [0.25, 0.3) is 5.91 Å². The number of aryl methyl sites for hydroxylation is 2. The second-order valence-electron chi connectivity index (χ2n) is 8.40. The predicted octanol–water partition coefficient (Wildman–Crippen LogP) is 2.56. The zero-order valence-electron chi connectivity index (χ0n) is 17.5. The van der Waals surface area contributed by atoms with Gasteiger partial charge in [0.2, 0.25) is 0 Å². The molecule has 1 aromatic carbocycles. The van der Waals surface area contributed by atoms with Gasteiger partial charge in [-0.2, -0.15) is 5.10 Å². The van der Waals surface area contributed by atoms with E-state index in [2.05, 4.69) is 33.8 Å². The summed E-state index contributed by atoms with van der Waals surface area (Å²) in [6.07, 6.45) is 3.64. The van der Waals surface area contributed by atoms with Gasteiger partial charge >= 0.3 is 0 Å². The molecule has 2 aliphatic rings. The van der Waals surface area contributed by atoms with E-state index in [-0.39, 0.29) is 5.91 Å². The lowest BCUT2D eigenvalue weighted by atomic mass is 9.90. The second kappa shape index (κ2) is 7.72. The fraction of sp³-hybridized carbons (Fsp3) is 0.435. The Bertz CT molecular complexity index is 1080. The van der Waals surface area contributed by atoms with Gasteiger partial charge in [0.15, 0.2) is 11.5 Å². The molecule has 1 N–H and O–H groups in total. The van der Waals surface area contributed by atoms with E-state index in [0.717, 1.165) is 49.2 Å². The first-order valence-corrected chi connectivity index (χ1v) is 10.6. The number of nitrogens with zero attached hydrogens (tertiary/aromatic N) is 4. The summed E-state index contributed by atoms with van der Waals surface area (Å²) in [6.45, 7) is 3.97. The van der Waals surface area contributed by atoms with Crippen LogP contribution in [-0.2, 0) is 39.4 Å². The fourth-order valence-electron chi connectivity index (χ4n) is 4.70. The van der Waals surface area contributed by atoms with Crippen molar-refractivity contribution in [1.82, 2.24) is 25.2 Å². The van der Waals surface area contributed by atoms with Crippen LogP contribution in [-0.4, -0.2) is 38.3 Å². The van der Waals surface area contributed by atoms with Crippen LogP contribution in [0.1, 0.15) is 50.7 Å². The summed E-state index contributed by atoms with van der Waals surface area (Å²) in [5.41, 5.74) is 6.37. The first-order chi connectivity index (χ1) is 14.6. The van der Waals surface area contributed by atoms with E-state index in [4.69, 9.17) is 4.52 Å². The fourth-order valence-corrected chi connectivity index (χ4v) is 4.70. The van der Waals surface area contributed by atoms with Crippen LogP contribution in [0.3, 0.4) is 0 Å². The zero-order valence-corrected chi connectivity index (χ0v) is 17.5. The highest BCUT2D eigenvalue weighted by Gasteiger charge is 2.31. The Balaban J connectivity index is 1.32. The van der Waals surface area contributed by atoms with E-state index < -0.39 is 0 Å². The minimum Gasteiger partial charge on any atom is -0.360 e. The standard InChI is InChI=1S/C23H27N5O2/c1-15-11-19(30-26-15)13-24-18-7-8-21-20(12-18)22(25-27(21)2)23(29)28-10-9-16-5-3-4-6-17(16)14-28/h3-6,11,18,24H,7-10,12-14H2,1-2H3. The average molecular weight is 406 g/mol. The van der Waals surface area contributed by atoms with Gasteiger partial charge in [-0.3, -0.25) is 9.48 Å². The van der Waals surface area contributed by atoms with Crippen LogP contribution in [0.4, 0.5) is 0 Å². The van der Waals surface area contributed by atoms with E-state index in [9.17, 15) is 4.79 Å². The summed E-state index contributed by atoms with van der Waals surface area (Å²) in [7, 11) is 1.95. The monoisotopic (exact) mass is 405 g/mol. The highest BCUT2D eigenvalue weighted by molar-refractivity contribution is 5.94. The number of hydrogen-bond donors (Lipinski definition) is 1. The lowest BCUT2D eigenvalue weighted by Crippen LogP contribution is -2.38. The predicted molar refractivity (Wildman–Crippen MR) is 112 cm³/mol. The van der Waals surface area contributed by atoms with Crippen LogP contribution in [0.25, 0.3) is 0 Å². The maximum absolute atomic E-state index is 13.4. The highest BCUT2D eigenvalue weighted by Crippen LogP contribution is 2.27. The van der Waals surface area contributed by atoms with Crippen molar-refractivity contribution in [2.45, 2.75) is 51.7 Å². The lowest BCUT2D eigenvalue weighted by molar-refractivity contribution is 0.0726. The van der Waals surface area contributed by atoms with Gasteiger partial charge in [0.05, 0.1) is 12.2 Å². The molecule has 0 bridgehead atoms. The molecule has 1 amide bonds. The van der Waals surface area contributed by atoms with Gasteiger partial charge in [0, 0.05) is 43.5 Å². The van der Waals surface area contributed by atoms with Gasteiger partial charge < -0.3 is 14.7 Å². The van der Waals surface area contributed by atoms with Crippen molar-refractivity contribution >= 4 is 5.91 Å². The molecule has 156 valence electrons. The molecule has 7 nitrogen and oxygen atoms in total. The quantitative estimate of drug-likeness (QED) is 0.722. The number of benzene rings is 1. The van der Waals surface area contributed by atoms with Gasteiger partial charge in [-0.1, -0.05) is 29.4 Å². The minimum absolute atomic E-state index is 0.0489. The molecule has 5 rings (SSSR count). The third-order valence-electron chi connectivity index (χ3n) is 6.32. The lowest BCUT2D eigenvalue weighted by Gasteiger charge is -2.29. The van der Waals surface area contributed by atoms with Crippen LogP contribution >= 0.6 is 0 Å². The summed E-state index contributed by atoms with van der Waals surface area (Å²) in [4.78, 5) is 15.3. The molecular weight excluding hydrogens is 378 g/mol. The van der Waals surface area contributed by atoms with Crippen molar-refractivity contribution < 1.29 is 9.32 Å². The molecule has 2 aromatic heterocycles. The average Bonchev–Trinajstić information content (AvgIpc) is 3.34. The molecule has 7 heteroatoms. The van der Waals surface area contributed by atoms with Gasteiger partial charge in [0.1, 0.15) is 0 Å². The maximum atomic E-state index is 13.4. The maximum Gasteiger partial charge on any atom is 0.274 e. The molecule has 30 heavy (non-hydrogen) atoms. The van der Waals surface area contributed by atoms with E-state index in [0.29, 0.717) is 24.8 Å². The molecule has 0 saturated heterocycles. The number of fused-ring (bicyclic) bond motifs is 2. The third kappa shape index (κ3) is 3.54. The molecular formula is C23H27N5O2. The number of nitrogens with one attached hydrogen (secondary N) is 1. The van der Waals surface area contributed by atoms with Crippen LogP contribution in [0, 0.1) is 6.92 Å². The molecule has 0 radical (unpaired) electrons. The topological polar surface area (TPSA) is 76.2 Å². The Labute approximate surface area is 176 Å². The SMILES string of the molecule is Cc1cc(CNC2CCc3c(c(C(=O)N4CCc5ccccc5C4)nn3C)C2)on1. The Kier molecular flexibility index (Phi) is 4.90. The number of rotatable bonds is 4. The Morgan fingerprint density at radius 1 is 1.27 bits per heavy atom. The molecule has 1 aliphatic carbocycles. The highest BCUT2D eigenvalue weighted by atomic mass is 16.5. The van der Waals surface area contributed by atoms with Crippen molar-refractivity contribution in [3.8, 4) is 0 Å². The Hall–Kier alpha value is -2.93. The summed E-state index contributed by atoms with van der Waals surface area (Å²) in [5.74, 6) is 0.889. The van der Waals surface area contributed by atoms with Crippen molar-refractivity contribution in [2.75, 3.05) is 6.54 Å². The molecule has 1 unspecified atom stereocenters. The van der Waals surface area contributed by atoms with Crippen LogP contribution < -0.4 is 5.32 Å². The number of amides is 1.